The topological polar surface area (TPSA) is 198 Å². The summed E-state index contributed by atoms with van der Waals surface area (Å²) in [7, 11) is 0. The first-order chi connectivity index (χ1) is 12.2. The molecule has 2 aliphatic heterocycles. The lowest BCUT2D eigenvalue weighted by atomic mass is 9.97. The van der Waals surface area contributed by atoms with Crippen molar-refractivity contribution >= 4 is 5.91 Å². The van der Waals surface area contributed by atoms with Crippen molar-refractivity contribution in [2.75, 3.05) is 13.2 Å². The van der Waals surface area contributed by atoms with E-state index in [1.807, 2.05) is 0 Å². The van der Waals surface area contributed by atoms with Crippen LogP contribution in [0.15, 0.2) is 0 Å². The maximum atomic E-state index is 11.1. The van der Waals surface area contributed by atoms with Crippen LogP contribution in [0.5, 0.6) is 0 Å². The van der Waals surface area contributed by atoms with Crippen molar-refractivity contribution in [3.8, 4) is 0 Å². The highest BCUT2D eigenvalue weighted by Crippen LogP contribution is 2.26. The second-order valence-electron chi connectivity index (χ2n) is 6.31. The zero-order chi connectivity index (χ0) is 19.6. The minimum Gasteiger partial charge on any atom is -0.394 e. The average molecular weight is 383 g/mol. The number of amides is 1. The van der Waals surface area contributed by atoms with Crippen LogP contribution in [0.3, 0.4) is 0 Å². The van der Waals surface area contributed by atoms with Gasteiger partial charge in [-0.2, -0.15) is 0 Å². The van der Waals surface area contributed by atoms with Gasteiger partial charge in [0, 0.05) is 6.92 Å². The summed E-state index contributed by atoms with van der Waals surface area (Å²) >= 11 is 0. The predicted octanol–water partition coefficient (Wildman–Crippen LogP) is -5.25. The molecule has 0 aromatic rings. The Hall–Kier alpha value is -0.930. The number of aliphatic hydroxyl groups excluding tert-OH is 7. The minimum atomic E-state index is -1.62. The molecule has 2 fully saturated rings. The average Bonchev–Trinajstić information content (AvgIpc) is 2.88. The molecule has 1 amide bonds. The van der Waals surface area contributed by atoms with Crippen LogP contribution in [-0.2, 0) is 19.0 Å². The summed E-state index contributed by atoms with van der Waals surface area (Å²) in [5.41, 5.74) is 0. The predicted molar refractivity (Wildman–Crippen MR) is 80.2 cm³/mol. The number of nitrogens with one attached hydrogen (secondary N) is 1. The molecule has 0 spiro atoms. The van der Waals surface area contributed by atoms with Crippen molar-refractivity contribution in [2.45, 2.75) is 68.3 Å². The number of hydrogen-bond acceptors (Lipinski definition) is 11. The summed E-state index contributed by atoms with van der Waals surface area (Å²) in [5, 5.41) is 70.3. The quantitative estimate of drug-likeness (QED) is 0.218. The summed E-state index contributed by atoms with van der Waals surface area (Å²) in [5.74, 6) is -0.538. The Balaban J connectivity index is 1.92. The van der Waals surface area contributed by atoms with E-state index in [1.54, 1.807) is 0 Å². The highest BCUT2D eigenvalue weighted by atomic mass is 16.7. The molecule has 8 N–H and O–H groups in total. The van der Waals surface area contributed by atoms with Crippen molar-refractivity contribution < 1.29 is 54.8 Å². The molecule has 2 heterocycles. The number of hydrogen-bond donors (Lipinski definition) is 8. The normalized spacial score (nSPS) is 44.7. The van der Waals surface area contributed by atoms with Crippen LogP contribution >= 0.6 is 0 Å². The Labute approximate surface area is 148 Å². The Kier molecular flexibility index (Phi) is 7.27. The first-order valence-electron chi connectivity index (χ1n) is 8.06. The van der Waals surface area contributed by atoms with E-state index in [2.05, 4.69) is 5.32 Å². The fourth-order valence-electron chi connectivity index (χ4n) is 2.90. The van der Waals surface area contributed by atoms with E-state index in [-0.39, 0.29) is 0 Å². The standard InChI is InChI=1S/C14H25NO11/c1-4(17)15-7-9(20)8(19)6(25-13(7)23)3-24-14-11(22)10(21)12(26-14)5(18)2-16/h5-14,16,18-23H,2-3H2,1H3,(H,15,17)/t5-,6-,7-,8-,9-,10-,11-,12+,13+,14-/m1/s1. The molecule has 0 unspecified atom stereocenters. The summed E-state index contributed by atoms with van der Waals surface area (Å²) < 4.78 is 15.5. The van der Waals surface area contributed by atoms with E-state index in [1.165, 1.54) is 6.92 Å². The third-order valence-corrected chi connectivity index (χ3v) is 4.34. The highest BCUT2D eigenvalue weighted by Gasteiger charge is 2.48. The third kappa shape index (κ3) is 4.48. The molecule has 0 radical (unpaired) electrons. The van der Waals surface area contributed by atoms with Gasteiger partial charge in [0.2, 0.25) is 5.91 Å². The number of carbonyl (C=O) groups excluding carboxylic acids is 1. The number of rotatable bonds is 6. The van der Waals surface area contributed by atoms with Gasteiger partial charge in [0.1, 0.15) is 48.8 Å². The maximum Gasteiger partial charge on any atom is 0.217 e. The van der Waals surface area contributed by atoms with Gasteiger partial charge >= 0.3 is 0 Å². The molecule has 0 aromatic heterocycles. The summed E-state index contributed by atoms with van der Waals surface area (Å²) in [6.07, 6.45) is -13.1. The largest absolute Gasteiger partial charge is 0.394 e. The van der Waals surface area contributed by atoms with E-state index in [4.69, 9.17) is 19.3 Å². The van der Waals surface area contributed by atoms with Crippen LogP contribution in [0.1, 0.15) is 6.92 Å². The van der Waals surface area contributed by atoms with Crippen molar-refractivity contribution in [1.82, 2.24) is 5.32 Å². The summed E-state index contributed by atoms with van der Waals surface area (Å²) in [4.78, 5) is 11.1. The van der Waals surface area contributed by atoms with Gasteiger partial charge < -0.3 is 55.3 Å². The van der Waals surface area contributed by atoms with Gasteiger partial charge in [-0.25, -0.2) is 0 Å². The van der Waals surface area contributed by atoms with Gasteiger partial charge in [0.05, 0.1) is 13.2 Å². The van der Waals surface area contributed by atoms with E-state index < -0.39 is 80.5 Å². The van der Waals surface area contributed by atoms with Crippen molar-refractivity contribution in [3.05, 3.63) is 0 Å². The van der Waals surface area contributed by atoms with E-state index >= 15 is 0 Å². The van der Waals surface area contributed by atoms with Crippen LogP contribution in [0.2, 0.25) is 0 Å². The molecule has 152 valence electrons. The van der Waals surface area contributed by atoms with E-state index in [0.29, 0.717) is 0 Å². The lowest BCUT2D eigenvalue weighted by molar-refractivity contribution is -0.272. The highest BCUT2D eigenvalue weighted by molar-refractivity contribution is 5.73. The molecule has 0 aromatic carbocycles. The van der Waals surface area contributed by atoms with Gasteiger partial charge in [-0.05, 0) is 0 Å². The maximum absolute atomic E-state index is 11.1. The number of ether oxygens (including phenoxy) is 3. The van der Waals surface area contributed by atoms with Crippen LogP contribution < -0.4 is 5.32 Å². The van der Waals surface area contributed by atoms with Crippen molar-refractivity contribution in [2.24, 2.45) is 0 Å². The van der Waals surface area contributed by atoms with Crippen LogP contribution in [0.25, 0.3) is 0 Å². The Morgan fingerprint density at radius 1 is 1.08 bits per heavy atom. The number of aliphatic hydroxyl groups is 7. The van der Waals surface area contributed by atoms with Gasteiger partial charge in [-0.15, -0.1) is 0 Å². The first-order valence-corrected chi connectivity index (χ1v) is 8.06. The number of carbonyl (C=O) groups is 1. The Bertz CT molecular complexity index is 480. The molecule has 0 saturated carbocycles. The van der Waals surface area contributed by atoms with Crippen molar-refractivity contribution in [1.29, 1.82) is 0 Å². The van der Waals surface area contributed by atoms with E-state index in [9.17, 15) is 35.4 Å². The molecule has 26 heavy (non-hydrogen) atoms. The van der Waals surface area contributed by atoms with Gasteiger partial charge in [0.25, 0.3) is 0 Å². The Morgan fingerprint density at radius 3 is 2.31 bits per heavy atom. The monoisotopic (exact) mass is 383 g/mol. The molecular formula is C14H25NO11. The first kappa shape index (κ1) is 21.4. The second-order valence-corrected chi connectivity index (χ2v) is 6.31. The minimum absolute atomic E-state index is 0.446. The molecule has 10 atom stereocenters. The molecule has 2 rings (SSSR count). The molecule has 2 aliphatic rings. The summed E-state index contributed by atoms with van der Waals surface area (Å²) in [6, 6.07) is -1.24. The molecule has 0 aliphatic carbocycles. The van der Waals surface area contributed by atoms with Gasteiger partial charge in [0.15, 0.2) is 12.6 Å². The van der Waals surface area contributed by atoms with Crippen LogP contribution in [-0.4, -0.2) is 116 Å². The second kappa shape index (κ2) is 8.84. The van der Waals surface area contributed by atoms with Crippen molar-refractivity contribution in [3.63, 3.8) is 0 Å². The molecule has 12 heteroatoms. The zero-order valence-corrected chi connectivity index (χ0v) is 14.0. The van der Waals surface area contributed by atoms with E-state index in [0.717, 1.165) is 0 Å². The third-order valence-electron chi connectivity index (χ3n) is 4.34. The SMILES string of the molecule is CC(=O)N[C@@H]1[C@@H](O)[C@H](O)[C@@H](CO[C@@H]2O[C@@H]([C@H](O)CO)[C@H](O)[C@H]2O)O[C@@H]1O. The smallest absolute Gasteiger partial charge is 0.217 e. The zero-order valence-electron chi connectivity index (χ0n) is 14.0. The fourth-order valence-corrected chi connectivity index (χ4v) is 2.90. The fraction of sp³-hybridized carbons (Fsp3) is 0.929. The molecular weight excluding hydrogens is 358 g/mol. The molecule has 12 nitrogen and oxygen atoms in total. The van der Waals surface area contributed by atoms with Gasteiger partial charge in [-0.3, -0.25) is 4.79 Å². The summed E-state index contributed by atoms with van der Waals surface area (Å²) in [6.45, 7) is 0.0232. The van der Waals surface area contributed by atoms with Crippen LogP contribution in [0, 0.1) is 0 Å². The lowest BCUT2D eigenvalue weighted by Gasteiger charge is -2.40. The Morgan fingerprint density at radius 2 is 1.73 bits per heavy atom. The molecule has 2 saturated heterocycles. The lowest BCUT2D eigenvalue weighted by Crippen LogP contribution is -2.64. The van der Waals surface area contributed by atoms with Gasteiger partial charge in [-0.1, -0.05) is 0 Å². The molecule has 0 bridgehead atoms. The van der Waals surface area contributed by atoms with Crippen LogP contribution in [0.4, 0.5) is 0 Å².